The Balaban J connectivity index is 1.63. The van der Waals surface area contributed by atoms with E-state index < -0.39 is 11.7 Å². The summed E-state index contributed by atoms with van der Waals surface area (Å²) in [7, 11) is 1.64. The van der Waals surface area contributed by atoms with Gasteiger partial charge in [-0.2, -0.15) is 0 Å². The molecule has 28 heavy (non-hydrogen) atoms. The van der Waals surface area contributed by atoms with Crippen LogP contribution >= 0.6 is 0 Å². The van der Waals surface area contributed by atoms with E-state index in [0.717, 1.165) is 0 Å². The summed E-state index contributed by atoms with van der Waals surface area (Å²) in [5.74, 6) is 0.249. The number of aryl methyl sites for hydroxylation is 1. The number of carbonyl (C=O) groups is 2. The van der Waals surface area contributed by atoms with Crippen molar-refractivity contribution in [3.8, 4) is 5.75 Å². The molecule has 0 radical (unpaired) electrons. The zero-order valence-electron chi connectivity index (χ0n) is 16.4. The maximum atomic E-state index is 13.2. The second-order valence-electron chi connectivity index (χ2n) is 8.22. The first-order chi connectivity index (χ1) is 13.2. The summed E-state index contributed by atoms with van der Waals surface area (Å²) in [4.78, 5) is 43.6. The van der Waals surface area contributed by atoms with Gasteiger partial charge < -0.3 is 24.3 Å². The van der Waals surface area contributed by atoms with Gasteiger partial charge in [0.2, 0.25) is 0 Å². The van der Waals surface area contributed by atoms with Crippen molar-refractivity contribution in [2.75, 3.05) is 26.2 Å². The third-order valence-corrected chi connectivity index (χ3v) is 5.06. The molecule has 0 bridgehead atoms. The lowest BCUT2D eigenvalue weighted by Crippen LogP contribution is -2.58. The molecule has 9 heteroatoms. The first-order valence-corrected chi connectivity index (χ1v) is 9.29. The molecule has 0 saturated carbocycles. The van der Waals surface area contributed by atoms with Crippen molar-refractivity contribution >= 4 is 23.0 Å². The standard InChI is InChI=1S/C19H24N4O5/c1-19(2,3)28-18(26)22-7-8-23-11(9-22)10-27-15-12(16(23)24)5-6-13-14(15)21(4)17(25)20-13/h5-6,11H,7-10H2,1-4H3,(H,20,25)/t11-/m0/s1. The highest BCUT2D eigenvalue weighted by Gasteiger charge is 2.38. The van der Waals surface area contributed by atoms with Crippen LogP contribution in [0.2, 0.25) is 0 Å². The Bertz CT molecular complexity index is 1020. The number of carbonyl (C=O) groups excluding carboxylic acids is 2. The number of benzene rings is 1. The lowest BCUT2D eigenvalue weighted by molar-refractivity contribution is 0.000976. The second-order valence-corrected chi connectivity index (χ2v) is 8.22. The van der Waals surface area contributed by atoms with E-state index in [4.69, 9.17) is 9.47 Å². The van der Waals surface area contributed by atoms with Crippen molar-refractivity contribution in [3.05, 3.63) is 28.2 Å². The zero-order valence-corrected chi connectivity index (χ0v) is 16.4. The molecular formula is C19H24N4O5. The van der Waals surface area contributed by atoms with Gasteiger partial charge in [-0.3, -0.25) is 9.36 Å². The van der Waals surface area contributed by atoms with Crippen molar-refractivity contribution in [1.29, 1.82) is 0 Å². The van der Waals surface area contributed by atoms with E-state index in [1.807, 2.05) is 20.8 Å². The first kappa shape index (κ1) is 18.4. The van der Waals surface area contributed by atoms with Gasteiger partial charge in [-0.25, -0.2) is 9.59 Å². The summed E-state index contributed by atoms with van der Waals surface area (Å²) in [6.07, 6.45) is -0.392. The smallest absolute Gasteiger partial charge is 0.410 e. The van der Waals surface area contributed by atoms with Gasteiger partial charge in [0.25, 0.3) is 5.91 Å². The maximum Gasteiger partial charge on any atom is 0.410 e. The molecule has 2 amide bonds. The number of rotatable bonds is 0. The molecule has 0 aliphatic carbocycles. The maximum absolute atomic E-state index is 13.2. The Morgan fingerprint density at radius 3 is 2.71 bits per heavy atom. The number of nitrogens with one attached hydrogen (secondary N) is 1. The molecule has 1 fully saturated rings. The van der Waals surface area contributed by atoms with Crippen LogP contribution in [0.15, 0.2) is 16.9 Å². The summed E-state index contributed by atoms with van der Waals surface area (Å²) in [6.45, 7) is 6.83. The summed E-state index contributed by atoms with van der Waals surface area (Å²) in [5, 5.41) is 0. The number of hydrogen-bond acceptors (Lipinski definition) is 5. The minimum atomic E-state index is -0.578. The number of piperazine rings is 1. The van der Waals surface area contributed by atoms with Crippen LogP contribution in [-0.4, -0.2) is 69.2 Å². The van der Waals surface area contributed by atoms with Crippen LogP contribution in [0, 0.1) is 0 Å². The largest absolute Gasteiger partial charge is 0.488 e. The van der Waals surface area contributed by atoms with Crippen molar-refractivity contribution in [3.63, 3.8) is 0 Å². The first-order valence-electron chi connectivity index (χ1n) is 9.29. The van der Waals surface area contributed by atoms with Crippen LogP contribution in [0.4, 0.5) is 4.79 Å². The summed E-state index contributed by atoms with van der Waals surface area (Å²) in [5.41, 5.74) is 0.770. The minimum absolute atomic E-state index is 0.156. The van der Waals surface area contributed by atoms with Crippen molar-refractivity contribution in [1.82, 2.24) is 19.4 Å². The molecule has 1 aromatic heterocycles. The molecule has 0 spiro atoms. The third kappa shape index (κ3) is 3.00. The van der Waals surface area contributed by atoms with Crippen LogP contribution in [0.25, 0.3) is 11.0 Å². The minimum Gasteiger partial charge on any atom is -0.488 e. The fraction of sp³-hybridized carbons (Fsp3) is 0.526. The molecule has 2 aromatic rings. The summed E-state index contributed by atoms with van der Waals surface area (Å²) >= 11 is 0. The van der Waals surface area contributed by atoms with E-state index in [-0.39, 0.29) is 24.2 Å². The molecule has 1 N–H and O–H groups in total. The van der Waals surface area contributed by atoms with Crippen LogP contribution in [0.1, 0.15) is 31.1 Å². The van der Waals surface area contributed by atoms with Gasteiger partial charge in [0.15, 0.2) is 5.75 Å². The molecule has 0 unspecified atom stereocenters. The number of fused-ring (bicyclic) bond motifs is 4. The molecular weight excluding hydrogens is 364 g/mol. The molecule has 1 aromatic carbocycles. The SMILES string of the molecule is Cn1c(=O)[nH]c2ccc3c(c21)OC[C@@H]1CN(C(=O)OC(C)(C)C)CCN1C3=O. The summed E-state index contributed by atoms with van der Waals surface area (Å²) in [6, 6.07) is 3.11. The van der Waals surface area contributed by atoms with Crippen molar-refractivity contribution in [2.24, 2.45) is 7.05 Å². The van der Waals surface area contributed by atoms with Gasteiger partial charge in [-0.05, 0) is 32.9 Å². The number of amides is 2. The van der Waals surface area contributed by atoms with E-state index in [9.17, 15) is 14.4 Å². The molecule has 1 atom stereocenters. The summed E-state index contributed by atoms with van der Waals surface area (Å²) < 4.78 is 12.9. The van der Waals surface area contributed by atoms with E-state index in [1.165, 1.54) is 4.57 Å². The van der Waals surface area contributed by atoms with Crippen molar-refractivity contribution in [2.45, 2.75) is 32.4 Å². The Hall–Kier alpha value is -2.97. The van der Waals surface area contributed by atoms with E-state index in [2.05, 4.69) is 4.98 Å². The predicted molar refractivity (Wildman–Crippen MR) is 102 cm³/mol. The third-order valence-electron chi connectivity index (χ3n) is 5.06. The fourth-order valence-corrected chi connectivity index (χ4v) is 3.71. The monoisotopic (exact) mass is 388 g/mol. The number of H-pyrrole nitrogens is 1. The lowest BCUT2D eigenvalue weighted by Gasteiger charge is -2.40. The number of imidazole rings is 1. The average molecular weight is 388 g/mol. The second kappa shape index (κ2) is 6.29. The highest BCUT2D eigenvalue weighted by molar-refractivity contribution is 6.03. The van der Waals surface area contributed by atoms with Gasteiger partial charge in [0.05, 0.1) is 17.1 Å². The van der Waals surface area contributed by atoms with Gasteiger partial charge in [0, 0.05) is 26.7 Å². The normalized spacial score (nSPS) is 19.7. The van der Waals surface area contributed by atoms with Crippen molar-refractivity contribution < 1.29 is 19.1 Å². The fourth-order valence-electron chi connectivity index (χ4n) is 3.71. The van der Waals surface area contributed by atoms with Crippen LogP contribution in [0.5, 0.6) is 5.75 Å². The lowest BCUT2D eigenvalue weighted by atomic mass is 10.1. The van der Waals surface area contributed by atoms with Crippen LogP contribution in [0.3, 0.4) is 0 Å². The van der Waals surface area contributed by atoms with Crippen LogP contribution in [-0.2, 0) is 11.8 Å². The number of hydrogen-bond donors (Lipinski definition) is 1. The molecule has 3 heterocycles. The van der Waals surface area contributed by atoms with Gasteiger partial charge in [-0.15, -0.1) is 0 Å². The van der Waals surface area contributed by atoms with Gasteiger partial charge in [0.1, 0.15) is 17.7 Å². The molecule has 150 valence electrons. The molecule has 2 aliphatic heterocycles. The van der Waals surface area contributed by atoms with Gasteiger partial charge in [-0.1, -0.05) is 0 Å². The highest BCUT2D eigenvalue weighted by atomic mass is 16.6. The predicted octanol–water partition coefficient (Wildman–Crippen LogP) is 1.32. The Labute approximate surface area is 161 Å². The number of aromatic amines is 1. The topological polar surface area (TPSA) is 96.9 Å². The molecule has 2 aliphatic rings. The Morgan fingerprint density at radius 2 is 2.00 bits per heavy atom. The molecule has 9 nitrogen and oxygen atoms in total. The number of ether oxygens (including phenoxy) is 2. The highest BCUT2D eigenvalue weighted by Crippen LogP contribution is 2.33. The number of nitrogens with zero attached hydrogens (tertiary/aromatic N) is 3. The van der Waals surface area contributed by atoms with E-state index >= 15 is 0 Å². The quantitative estimate of drug-likeness (QED) is 0.734. The zero-order chi connectivity index (χ0) is 20.2. The Morgan fingerprint density at radius 1 is 1.25 bits per heavy atom. The van der Waals surface area contributed by atoms with Crippen LogP contribution < -0.4 is 10.4 Å². The van der Waals surface area contributed by atoms with E-state index in [1.54, 1.807) is 29.0 Å². The molecule has 1 saturated heterocycles. The molecule has 4 rings (SSSR count). The average Bonchev–Trinajstić information content (AvgIpc) is 2.83. The van der Waals surface area contributed by atoms with Gasteiger partial charge >= 0.3 is 11.8 Å². The Kier molecular flexibility index (Phi) is 4.13. The number of aromatic nitrogens is 2. The van der Waals surface area contributed by atoms with E-state index in [0.29, 0.717) is 42.0 Å².